The lowest BCUT2D eigenvalue weighted by molar-refractivity contribution is 0.0840. The zero-order chi connectivity index (χ0) is 14.7. The predicted molar refractivity (Wildman–Crippen MR) is 64.7 cm³/mol. The van der Waals surface area contributed by atoms with Crippen LogP contribution in [-0.4, -0.2) is 11.8 Å². The third kappa shape index (κ3) is 2.66. The molecule has 20 heavy (non-hydrogen) atoms. The Bertz CT molecular complexity index is 647. The maximum Gasteiger partial charge on any atom is 0.275 e. The van der Waals surface area contributed by atoms with Crippen LogP contribution in [0.4, 0.5) is 8.78 Å². The van der Waals surface area contributed by atoms with Gasteiger partial charge in [-0.2, -0.15) is 0 Å². The van der Waals surface area contributed by atoms with Crippen LogP contribution in [0.15, 0.2) is 34.9 Å². The Hall–Kier alpha value is -2.70. The van der Waals surface area contributed by atoms with E-state index < -0.39 is 29.0 Å². The average molecular weight is 280 g/mol. The van der Waals surface area contributed by atoms with Crippen molar-refractivity contribution < 1.29 is 22.8 Å². The first-order valence-electron chi connectivity index (χ1n) is 5.59. The van der Waals surface area contributed by atoms with E-state index in [1.165, 1.54) is 12.3 Å². The first-order chi connectivity index (χ1) is 9.50. The highest BCUT2D eigenvalue weighted by Gasteiger charge is 2.18. The molecule has 1 aromatic carbocycles. The van der Waals surface area contributed by atoms with Crippen LogP contribution in [-0.2, 0) is 0 Å². The summed E-state index contributed by atoms with van der Waals surface area (Å²) < 4.78 is 31.6. The number of aryl methyl sites for hydroxylation is 1. The number of carbonyl (C=O) groups is 2. The normalized spacial score (nSPS) is 10.2. The van der Waals surface area contributed by atoms with E-state index in [0.29, 0.717) is 5.76 Å². The van der Waals surface area contributed by atoms with Crippen LogP contribution < -0.4 is 10.9 Å². The van der Waals surface area contributed by atoms with Crippen molar-refractivity contribution in [3.05, 3.63) is 59.1 Å². The molecule has 0 saturated heterocycles. The van der Waals surface area contributed by atoms with Gasteiger partial charge in [0.2, 0.25) is 0 Å². The third-order valence-electron chi connectivity index (χ3n) is 2.58. The van der Waals surface area contributed by atoms with Gasteiger partial charge < -0.3 is 4.42 Å². The number of rotatable bonds is 2. The molecule has 0 saturated carbocycles. The van der Waals surface area contributed by atoms with Crippen molar-refractivity contribution in [3.8, 4) is 0 Å². The van der Waals surface area contributed by atoms with Gasteiger partial charge in [0.1, 0.15) is 23.0 Å². The number of amides is 2. The SMILES string of the molecule is Cc1occc1C(=O)NNC(=O)c1c(F)cccc1F. The van der Waals surface area contributed by atoms with Gasteiger partial charge in [-0.1, -0.05) is 6.07 Å². The predicted octanol–water partition coefficient (Wildman–Crippen LogP) is 1.94. The minimum Gasteiger partial charge on any atom is -0.469 e. The topological polar surface area (TPSA) is 71.3 Å². The quantitative estimate of drug-likeness (QED) is 0.826. The van der Waals surface area contributed by atoms with Crippen LogP contribution in [0.1, 0.15) is 26.5 Å². The summed E-state index contributed by atoms with van der Waals surface area (Å²) in [6.45, 7) is 1.56. The monoisotopic (exact) mass is 280 g/mol. The van der Waals surface area contributed by atoms with Crippen LogP contribution in [0, 0.1) is 18.6 Å². The maximum atomic E-state index is 13.3. The molecule has 1 aromatic heterocycles. The largest absolute Gasteiger partial charge is 0.469 e. The van der Waals surface area contributed by atoms with E-state index in [4.69, 9.17) is 4.42 Å². The smallest absolute Gasteiger partial charge is 0.275 e. The average Bonchev–Trinajstić information content (AvgIpc) is 2.82. The van der Waals surface area contributed by atoms with E-state index >= 15 is 0 Å². The number of carbonyl (C=O) groups excluding carboxylic acids is 2. The summed E-state index contributed by atoms with van der Waals surface area (Å²) in [6, 6.07) is 4.43. The molecule has 0 aliphatic carbocycles. The fourth-order valence-corrected chi connectivity index (χ4v) is 1.58. The molecule has 7 heteroatoms. The van der Waals surface area contributed by atoms with Crippen LogP contribution in [0.25, 0.3) is 0 Å². The lowest BCUT2D eigenvalue weighted by Gasteiger charge is -2.08. The van der Waals surface area contributed by atoms with Crippen molar-refractivity contribution in [2.75, 3.05) is 0 Å². The van der Waals surface area contributed by atoms with Crippen molar-refractivity contribution in [2.24, 2.45) is 0 Å². The Labute approximate surface area is 112 Å². The molecular weight excluding hydrogens is 270 g/mol. The molecule has 1 heterocycles. The molecule has 0 aliphatic heterocycles. The maximum absolute atomic E-state index is 13.3. The van der Waals surface area contributed by atoms with E-state index in [9.17, 15) is 18.4 Å². The van der Waals surface area contributed by atoms with E-state index in [1.54, 1.807) is 6.92 Å². The van der Waals surface area contributed by atoms with Gasteiger partial charge >= 0.3 is 0 Å². The highest BCUT2D eigenvalue weighted by molar-refractivity contribution is 5.99. The first kappa shape index (κ1) is 13.7. The molecule has 0 fully saturated rings. The molecule has 0 aliphatic rings. The molecule has 2 rings (SSSR count). The molecule has 2 aromatic rings. The van der Waals surface area contributed by atoms with Crippen LogP contribution in [0.3, 0.4) is 0 Å². The fourth-order valence-electron chi connectivity index (χ4n) is 1.58. The highest BCUT2D eigenvalue weighted by Crippen LogP contribution is 2.11. The van der Waals surface area contributed by atoms with Crippen LogP contribution in [0.2, 0.25) is 0 Å². The van der Waals surface area contributed by atoms with E-state index in [2.05, 4.69) is 0 Å². The molecule has 0 atom stereocenters. The zero-order valence-corrected chi connectivity index (χ0v) is 10.4. The van der Waals surface area contributed by atoms with Crippen molar-refractivity contribution in [2.45, 2.75) is 6.92 Å². The molecule has 5 nitrogen and oxygen atoms in total. The summed E-state index contributed by atoms with van der Waals surface area (Å²) in [6.07, 6.45) is 1.31. The molecule has 0 unspecified atom stereocenters. The Kier molecular flexibility index (Phi) is 3.79. The summed E-state index contributed by atoms with van der Waals surface area (Å²) in [5.74, 6) is -3.42. The van der Waals surface area contributed by atoms with E-state index in [1.807, 2.05) is 10.9 Å². The number of hydrogen-bond donors (Lipinski definition) is 2. The second-order valence-electron chi connectivity index (χ2n) is 3.90. The highest BCUT2D eigenvalue weighted by atomic mass is 19.1. The summed E-state index contributed by atoms with van der Waals surface area (Å²) in [7, 11) is 0. The summed E-state index contributed by atoms with van der Waals surface area (Å²) in [5, 5.41) is 0. The summed E-state index contributed by atoms with van der Waals surface area (Å²) in [5.41, 5.74) is 3.42. The van der Waals surface area contributed by atoms with Gasteiger partial charge in [-0.3, -0.25) is 20.4 Å². The Balaban J connectivity index is 2.06. The van der Waals surface area contributed by atoms with Crippen molar-refractivity contribution in [1.29, 1.82) is 0 Å². The Morgan fingerprint density at radius 1 is 1.05 bits per heavy atom. The lowest BCUT2D eigenvalue weighted by atomic mass is 10.2. The van der Waals surface area contributed by atoms with Crippen LogP contribution in [0.5, 0.6) is 0 Å². The number of hydrazine groups is 1. The van der Waals surface area contributed by atoms with Crippen LogP contribution >= 0.6 is 0 Å². The molecule has 0 spiro atoms. The van der Waals surface area contributed by atoms with Crippen molar-refractivity contribution in [1.82, 2.24) is 10.9 Å². The Morgan fingerprint density at radius 3 is 2.20 bits per heavy atom. The molecule has 0 bridgehead atoms. The van der Waals surface area contributed by atoms with Gasteiger partial charge in [0.05, 0.1) is 11.8 Å². The van der Waals surface area contributed by atoms with Gasteiger partial charge in [-0.15, -0.1) is 0 Å². The summed E-state index contributed by atoms with van der Waals surface area (Å²) in [4.78, 5) is 23.3. The minimum atomic E-state index is -1.09. The number of furan rings is 1. The number of benzene rings is 1. The van der Waals surface area contributed by atoms with Gasteiger partial charge in [0.25, 0.3) is 11.8 Å². The van der Waals surface area contributed by atoms with Crippen molar-refractivity contribution >= 4 is 11.8 Å². The molecule has 0 radical (unpaired) electrons. The zero-order valence-electron chi connectivity index (χ0n) is 10.4. The Morgan fingerprint density at radius 2 is 1.65 bits per heavy atom. The van der Waals surface area contributed by atoms with E-state index in [0.717, 1.165) is 18.2 Å². The van der Waals surface area contributed by atoms with Gasteiger partial charge in [-0.05, 0) is 25.1 Å². The molecular formula is C13H10F2N2O3. The fraction of sp³-hybridized carbons (Fsp3) is 0.0769. The second kappa shape index (κ2) is 5.52. The number of nitrogens with one attached hydrogen (secondary N) is 2. The second-order valence-corrected chi connectivity index (χ2v) is 3.90. The van der Waals surface area contributed by atoms with Crippen molar-refractivity contribution in [3.63, 3.8) is 0 Å². The summed E-state index contributed by atoms with van der Waals surface area (Å²) >= 11 is 0. The molecule has 104 valence electrons. The van der Waals surface area contributed by atoms with Gasteiger partial charge in [-0.25, -0.2) is 8.78 Å². The molecule has 2 amide bonds. The van der Waals surface area contributed by atoms with E-state index in [-0.39, 0.29) is 5.56 Å². The number of halogens is 2. The first-order valence-corrected chi connectivity index (χ1v) is 5.59. The number of hydrogen-bond acceptors (Lipinski definition) is 3. The van der Waals surface area contributed by atoms with Gasteiger partial charge in [0.15, 0.2) is 0 Å². The standard InChI is InChI=1S/C13H10F2N2O3/c1-7-8(5-6-20-7)12(18)16-17-13(19)11-9(14)3-2-4-10(11)15/h2-6H,1H3,(H,16,18)(H,17,19). The lowest BCUT2D eigenvalue weighted by Crippen LogP contribution is -2.42. The van der Waals surface area contributed by atoms with Gasteiger partial charge in [0, 0.05) is 0 Å². The third-order valence-corrected chi connectivity index (χ3v) is 2.58. The minimum absolute atomic E-state index is 0.208. The molecule has 2 N–H and O–H groups in total.